The lowest BCUT2D eigenvalue weighted by Crippen LogP contribution is -2.39. The number of amides is 2. The van der Waals surface area contributed by atoms with Crippen LogP contribution in [0.25, 0.3) is 0 Å². The highest BCUT2D eigenvalue weighted by Gasteiger charge is 2.23. The first kappa shape index (κ1) is 14.9. The fourth-order valence-electron chi connectivity index (χ4n) is 3.09. The number of nitrogens with zero attached hydrogens (tertiary/aromatic N) is 1. The van der Waals surface area contributed by atoms with Crippen LogP contribution in [0.4, 0.5) is 0 Å². The second-order valence-electron chi connectivity index (χ2n) is 6.04. The molecule has 1 saturated heterocycles. The maximum Gasteiger partial charge on any atom is 0.239 e. The normalized spacial score (nSPS) is 21.0. The van der Waals surface area contributed by atoms with Crippen molar-refractivity contribution < 1.29 is 14.3 Å². The van der Waals surface area contributed by atoms with Crippen LogP contribution >= 0.6 is 0 Å². The number of benzene rings is 1. The van der Waals surface area contributed by atoms with Gasteiger partial charge in [0.1, 0.15) is 5.75 Å². The van der Waals surface area contributed by atoms with E-state index in [9.17, 15) is 9.59 Å². The second kappa shape index (κ2) is 6.81. The molecule has 0 radical (unpaired) electrons. The maximum absolute atomic E-state index is 12.0. The number of fused-ring (bicyclic) bond motifs is 1. The molecule has 0 bridgehead atoms. The summed E-state index contributed by atoms with van der Waals surface area (Å²) in [4.78, 5) is 25.2. The van der Waals surface area contributed by atoms with E-state index in [0.717, 1.165) is 25.0 Å². The van der Waals surface area contributed by atoms with Crippen molar-refractivity contribution in [2.45, 2.75) is 25.7 Å². The number of ether oxygens (including phenoxy) is 1. The standard InChI is InChI=1S/C17H22N2O3/c20-16(12-19-8-3-6-17(19)21)18-11-13-7-9-22-15-5-2-1-4-14(15)10-13/h1-2,4-5,13H,3,6-12H2,(H,18,20). The van der Waals surface area contributed by atoms with Crippen LogP contribution in [0.3, 0.4) is 0 Å². The van der Waals surface area contributed by atoms with E-state index < -0.39 is 0 Å². The van der Waals surface area contributed by atoms with Gasteiger partial charge >= 0.3 is 0 Å². The summed E-state index contributed by atoms with van der Waals surface area (Å²) in [6.07, 6.45) is 3.28. The van der Waals surface area contributed by atoms with Crippen LogP contribution < -0.4 is 10.1 Å². The minimum atomic E-state index is -0.0614. The smallest absolute Gasteiger partial charge is 0.239 e. The molecule has 5 heteroatoms. The molecule has 1 aromatic carbocycles. The van der Waals surface area contributed by atoms with Crippen LogP contribution in [-0.2, 0) is 16.0 Å². The van der Waals surface area contributed by atoms with Gasteiger partial charge in [-0.15, -0.1) is 0 Å². The third-order valence-electron chi connectivity index (χ3n) is 4.36. The fraction of sp³-hybridized carbons (Fsp3) is 0.529. The number of hydrogen-bond acceptors (Lipinski definition) is 3. The molecule has 0 aliphatic carbocycles. The molecular formula is C17H22N2O3. The number of carbonyl (C=O) groups is 2. The van der Waals surface area contributed by atoms with Crippen LogP contribution in [0.1, 0.15) is 24.8 Å². The zero-order valence-electron chi connectivity index (χ0n) is 12.7. The number of hydrogen-bond donors (Lipinski definition) is 1. The first-order valence-corrected chi connectivity index (χ1v) is 7.97. The number of carbonyl (C=O) groups excluding carboxylic acids is 2. The highest BCUT2D eigenvalue weighted by atomic mass is 16.5. The molecule has 1 fully saturated rings. The Bertz CT molecular complexity index is 559. The second-order valence-corrected chi connectivity index (χ2v) is 6.04. The van der Waals surface area contributed by atoms with Crippen LogP contribution in [-0.4, -0.2) is 43.0 Å². The molecule has 5 nitrogen and oxygen atoms in total. The summed E-state index contributed by atoms with van der Waals surface area (Å²) < 4.78 is 5.74. The first-order chi connectivity index (χ1) is 10.7. The molecule has 22 heavy (non-hydrogen) atoms. The highest BCUT2D eigenvalue weighted by molar-refractivity contribution is 5.85. The summed E-state index contributed by atoms with van der Waals surface area (Å²) >= 11 is 0. The summed E-state index contributed by atoms with van der Waals surface area (Å²) in [5, 5.41) is 2.97. The van der Waals surface area contributed by atoms with E-state index in [0.29, 0.717) is 32.0 Å². The third kappa shape index (κ3) is 3.59. The zero-order valence-corrected chi connectivity index (χ0v) is 12.7. The molecule has 1 aromatic rings. The topological polar surface area (TPSA) is 58.6 Å². The molecule has 1 N–H and O–H groups in total. The lowest BCUT2D eigenvalue weighted by Gasteiger charge is -2.18. The van der Waals surface area contributed by atoms with Gasteiger partial charge < -0.3 is 15.0 Å². The minimum Gasteiger partial charge on any atom is -0.493 e. The minimum absolute atomic E-state index is 0.0614. The molecule has 2 aliphatic rings. The van der Waals surface area contributed by atoms with E-state index in [1.165, 1.54) is 5.56 Å². The summed E-state index contributed by atoms with van der Waals surface area (Å²) in [5.74, 6) is 1.36. The van der Waals surface area contributed by atoms with E-state index in [1.54, 1.807) is 4.90 Å². The van der Waals surface area contributed by atoms with Gasteiger partial charge in [-0.25, -0.2) is 0 Å². The van der Waals surface area contributed by atoms with E-state index in [1.807, 2.05) is 18.2 Å². The van der Waals surface area contributed by atoms with Gasteiger partial charge in [0.15, 0.2) is 0 Å². The SMILES string of the molecule is O=C(CN1CCCC1=O)NCC1CCOc2ccccc2C1. The lowest BCUT2D eigenvalue weighted by molar-refractivity contribution is -0.133. The molecule has 2 heterocycles. The van der Waals surface area contributed by atoms with Gasteiger partial charge in [-0.2, -0.15) is 0 Å². The summed E-state index contributed by atoms with van der Waals surface area (Å²) in [6.45, 7) is 2.22. The van der Waals surface area contributed by atoms with Gasteiger partial charge in [0.2, 0.25) is 11.8 Å². The van der Waals surface area contributed by atoms with Crippen LogP contribution in [0, 0.1) is 5.92 Å². The fourth-order valence-corrected chi connectivity index (χ4v) is 3.09. The molecule has 0 aromatic heterocycles. The molecule has 2 aliphatic heterocycles. The Hall–Kier alpha value is -2.04. The molecule has 118 valence electrons. The van der Waals surface area contributed by atoms with E-state index in [-0.39, 0.29) is 18.4 Å². The van der Waals surface area contributed by atoms with Crippen molar-refractivity contribution in [2.75, 3.05) is 26.2 Å². The van der Waals surface area contributed by atoms with Gasteiger partial charge in [-0.05, 0) is 36.8 Å². The van der Waals surface area contributed by atoms with Gasteiger partial charge in [0, 0.05) is 19.5 Å². The molecule has 3 rings (SSSR count). The predicted molar refractivity (Wildman–Crippen MR) is 82.6 cm³/mol. The van der Waals surface area contributed by atoms with Crippen molar-refractivity contribution in [1.29, 1.82) is 0 Å². The average Bonchev–Trinajstić information content (AvgIpc) is 2.81. The third-order valence-corrected chi connectivity index (χ3v) is 4.36. The average molecular weight is 302 g/mol. The molecule has 1 unspecified atom stereocenters. The van der Waals surface area contributed by atoms with E-state index in [4.69, 9.17) is 4.74 Å². The molecule has 2 amide bonds. The number of rotatable bonds is 4. The first-order valence-electron chi connectivity index (χ1n) is 7.97. The van der Waals surface area contributed by atoms with Crippen molar-refractivity contribution in [2.24, 2.45) is 5.92 Å². The van der Waals surface area contributed by atoms with Crippen molar-refractivity contribution in [3.05, 3.63) is 29.8 Å². The van der Waals surface area contributed by atoms with Gasteiger partial charge in [0.25, 0.3) is 0 Å². The Morgan fingerprint density at radius 2 is 2.23 bits per heavy atom. The predicted octanol–water partition coefficient (Wildman–Crippen LogP) is 1.37. The molecule has 1 atom stereocenters. The Kier molecular flexibility index (Phi) is 4.61. The highest BCUT2D eigenvalue weighted by Crippen LogP contribution is 2.26. The van der Waals surface area contributed by atoms with E-state index >= 15 is 0 Å². The van der Waals surface area contributed by atoms with Crippen LogP contribution in [0.15, 0.2) is 24.3 Å². The van der Waals surface area contributed by atoms with Gasteiger partial charge in [0.05, 0.1) is 13.2 Å². The lowest BCUT2D eigenvalue weighted by atomic mass is 9.97. The summed E-state index contributed by atoms with van der Waals surface area (Å²) in [7, 11) is 0. The summed E-state index contributed by atoms with van der Waals surface area (Å²) in [5.41, 5.74) is 1.20. The Morgan fingerprint density at radius 1 is 1.36 bits per heavy atom. The van der Waals surface area contributed by atoms with Crippen LogP contribution in [0.2, 0.25) is 0 Å². The Balaban J connectivity index is 1.49. The van der Waals surface area contributed by atoms with Crippen molar-refractivity contribution in [3.63, 3.8) is 0 Å². The molecule has 0 spiro atoms. The Morgan fingerprint density at radius 3 is 3.05 bits per heavy atom. The van der Waals surface area contributed by atoms with Crippen molar-refractivity contribution >= 4 is 11.8 Å². The molecular weight excluding hydrogens is 280 g/mol. The maximum atomic E-state index is 12.0. The quantitative estimate of drug-likeness (QED) is 0.914. The number of likely N-dealkylation sites (tertiary alicyclic amines) is 1. The van der Waals surface area contributed by atoms with E-state index in [2.05, 4.69) is 11.4 Å². The number of nitrogens with one attached hydrogen (secondary N) is 1. The van der Waals surface area contributed by atoms with Gasteiger partial charge in [-0.1, -0.05) is 18.2 Å². The number of para-hydroxylation sites is 1. The zero-order chi connectivity index (χ0) is 15.4. The van der Waals surface area contributed by atoms with Crippen LogP contribution in [0.5, 0.6) is 5.75 Å². The largest absolute Gasteiger partial charge is 0.493 e. The summed E-state index contributed by atoms with van der Waals surface area (Å²) in [6, 6.07) is 8.07. The van der Waals surface area contributed by atoms with Crippen molar-refractivity contribution in [3.8, 4) is 5.75 Å². The van der Waals surface area contributed by atoms with Crippen molar-refractivity contribution in [1.82, 2.24) is 10.2 Å². The van der Waals surface area contributed by atoms with Gasteiger partial charge in [-0.3, -0.25) is 9.59 Å². The Labute approximate surface area is 130 Å². The molecule has 0 saturated carbocycles. The monoisotopic (exact) mass is 302 g/mol.